The van der Waals surface area contributed by atoms with E-state index < -0.39 is 0 Å². The zero-order valence-electron chi connectivity index (χ0n) is 12.7. The second-order valence-electron chi connectivity index (χ2n) is 6.32. The quantitative estimate of drug-likeness (QED) is 0.816. The van der Waals surface area contributed by atoms with Crippen molar-refractivity contribution >= 4 is 5.91 Å². The van der Waals surface area contributed by atoms with Crippen LogP contribution in [0.1, 0.15) is 40.0 Å². The first-order valence-corrected chi connectivity index (χ1v) is 7.87. The monoisotopic (exact) mass is 267 g/mol. The molecule has 0 radical (unpaired) electrons. The van der Waals surface area contributed by atoms with Gasteiger partial charge in [-0.25, -0.2) is 0 Å². The lowest BCUT2D eigenvalue weighted by Crippen LogP contribution is -2.44. The van der Waals surface area contributed by atoms with Gasteiger partial charge in [-0.05, 0) is 44.8 Å². The first-order chi connectivity index (χ1) is 9.10. The van der Waals surface area contributed by atoms with Crippen LogP contribution in [0.25, 0.3) is 0 Å². The van der Waals surface area contributed by atoms with E-state index in [9.17, 15) is 4.79 Å². The maximum absolute atomic E-state index is 12.3. The van der Waals surface area contributed by atoms with Crippen molar-refractivity contribution in [2.75, 3.05) is 32.7 Å². The molecule has 0 aromatic rings. The summed E-state index contributed by atoms with van der Waals surface area (Å²) in [6.45, 7) is 11.9. The van der Waals surface area contributed by atoms with Crippen molar-refractivity contribution in [2.45, 2.75) is 52.1 Å². The first-order valence-electron chi connectivity index (χ1n) is 7.87. The fourth-order valence-corrected chi connectivity index (χ4v) is 3.27. The van der Waals surface area contributed by atoms with Crippen LogP contribution in [-0.4, -0.2) is 60.5 Å². The fraction of sp³-hybridized carbons (Fsp3) is 0.933. The Hall–Kier alpha value is -0.610. The molecule has 1 atom stereocenters. The predicted molar refractivity (Wildman–Crippen MR) is 78.1 cm³/mol. The van der Waals surface area contributed by atoms with Crippen LogP contribution in [0.3, 0.4) is 0 Å². The van der Waals surface area contributed by atoms with E-state index in [4.69, 9.17) is 0 Å². The van der Waals surface area contributed by atoms with Crippen LogP contribution >= 0.6 is 0 Å². The molecule has 2 heterocycles. The molecule has 0 bridgehead atoms. The standard InChI is InChI=1S/C15H29N3O/c1-4-17-8-5-13(6-9-17)11-18-10-7-14(15(18)19)16-12(2)3/h12-14,16H,4-11H2,1-3H3. The van der Waals surface area contributed by atoms with Crippen LogP contribution in [0, 0.1) is 5.92 Å². The highest BCUT2D eigenvalue weighted by molar-refractivity contribution is 5.84. The average molecular weight is 267 g/mol. The van der Waals surface area contributed by atoms with E-state index in [1.165, 1.54) is 25.9 Å². The van der Waals surface area contributed by atoms with Gasteiger partial charge in [0.1, 0.15) is 0 Å². The fourth-order valence-electron chi connectivity index (χ4n) is 3.27. The minimum atomic E-state index is 0.0655. The number of hydrogen-bond acceptors (Lipinski definition) is 3. The molecular formula is C15H29N3O. The molecule has 0 spiro atoms. The highest BCUT2D eigenvalue weighted by Crippen LogP contribution is 2.21. The van der Waals surface area contributed by atoms with Crippen LogP contribution in [0.4, 0.5) is 0 Å². The van der Waals surface area contributed by atoms with Gasteiger partial charge in [-0.2, -0.15) is 0 Å². The topological polar surface area (TPSA) is 35.6 Å². The van der Waals surface area contributed by atoms with Crippen molar-refractivity contribution in [1.82, 2.24) is 15.1 Å². The molecule has 0 aliphatic carbocycles. The molecule has 0 aromatic carbocycles. The Balaban J connectivity index is 1.76. The Labute approximate surface area is 117 Å². The molecule has 4 heteroatoms. The molecule has 2 aliphatic rings. The summed E-state index contributed by atoms with van der Waals surface area (Å²) < 4.78 is 0. The van der Waals surface area contributed by atoms with Gasteiger partial charge >= 0.3 is 0 Å². The van der Waals surface area contributed by atoms with E-state index in [1.54, 1.807) is 0 Å². The van der Waals surface area contributed by atoms with Crippen molar-refractivity contribution in [3.05, 3.63) is 0 Å². The molecule has 19 heavy (non-hydrogen) atoms. The van der Waals surface area contributed by atoms with Gasteiger partial charge in [-0.3, -0.25) is 4.79 Å². The van der Waals surface area contributed by atoms with E-state index >= 15 is 0 Å². The maximum Gasteiger partial charge on any atom is 0.239 e. The van der Waals surface area contributed by atoms with Crippen LogP contribution < -0.4 is 5.32 Å². The predicted octanol–water partition coefficient (Wildman–Crippen LogP) is 1.32. The summed E-state index contributed by atoms with van der Waals surface area (Å²) >= 11 is 0. The van der Waals surface area contributed by atoms with Gasteiger partial charge in [0, 0.05) is 19.1 Å². The lowest BCUT2D eigenvalue weighted by Gasteiger charge is -2.33. The molecule has 1 N–H and O–H groups in total. The largest absolute Gasteiger partial charge is 0.341 e. The third-order valence-corrected chi connectivity index (χ3v) is 4.46. The Kier molecular flexibility index (Phi) is 5.22. The number of rotatable bonds is 5. The third-order valence-electron chi connectivity index (χ3n) is 4.46. The number of piperidine rings is 1. The first kappa shape index (κ1) is 14.8. The van der Waals surface area contributed by atoms with Crippen molar-refractivity contribution in [2.24, 2.45) is 5.92 Å². The molecule has 2 rings (SSSR count). The van der Waals surface area contributed by atoms with Crippen molar-refractivity contribution in [3.8, 4) is 0 Å². The minimum Gasteiger partial charge on any atom is -0.341 e. The van der Waals surface area contributed by atoms with Gasteiger partial charge in [-0.1, -0.05) is 20.8 Å². The number of likely N-dealkylation sites (tertiary alicyclic amines) is 2. The second-order valence-corrected chi connectivity index (χ2v) is 6.32. The summed E-state index contributed by atoms with van der Waals surface area (Å²) in [5, 5.41) is 3.38. The Morgan fingerprint density at radius 3 is 2.47 bits per heavy atom. The van der Waals surface area contributed by atoms with Gasteiger partial charge in [-0.15, -0.1) is 0 Å². The average Bonchev–Trinajstić information content (AvgIpc) is 2.72. The molecule has 0 aromatic heterocycles. The normalized spacial score (nSPS) is 26.6. The summed E-state index contributed by atoms with van der Waals surface area (Å²) in [6.07, 6.45) is 3.48. The van der Waals surface area contributed by atoms with Gasteiger partial charge in [0.25, 0.3) is 0 Å². The SMILES string of the molecule is CCN1CCC(CN2CCC(NC(C)C)C2=O)CC1. The van der Waals surface area contributed by atoms with Crippen LogP contribution in [-0.2, 0) is 4.79 Å². The van der Waals surface area contributed by atoms with E-state index in [1.807, 2.05) is 0 Å². The molecular weight excluding hydrogens is 238 g/mol. The summed E-state index contributed by atoms with van der Waals surface area (Å²) in [5.74, 6) is 1.04. The molecule has 1 unspecified atom stereocenters. The van der Waals surface area contributed by atoms with Crippen molar-refractivity contribution in [3.63, 3.8) is 0 Å². The minimum absolute atomic E-state index is 0.0655. The van der Waals surface area contributed by atoms with E-state index in [0.29, 0.717) is 17.9 Å². The number of amides is 1. The molecule has 2 saturated heterocycles. The number of nitrogens with zero attached hydrogens (tertiary/aromatic N) is 2. The summed E-state index contributed by atoms with van der Waals surface area (Å²) in [4.78, 5) is 16.9. The smallest absolute Gasteiger partial charge is 0.239 e. The summed E-state index contributed by atoms with van der Waals surface area (Å²) in [7, 11) is 0. The Morgan fingerprint density at radius 2 is 1.89 bits per heavy atom. The van der Waals surface area contributed by atoms with E-state index in [0.717, 1.165) is 26.1 Å². The van der Waals surface area contributed by atoms with Gasteiger partial charge < -0.3 is 15.1 Å². The molecule has 1 amide bonds. The van der Waals surface area contributed by atoms with Crippen molar-refractivity contribution < 1.29 is 4.79 Å². The Bertz CT molecular complexity index is 298. The maximum atomic E-state index is 12.3. The van der Waals surface area contributed by atoms with Crippen LogP contribution in [0.5, 0.6) is 0 Å². The summed E-state index contributed by atoms with van der Waals surface area (Å²) in [6, 6.07) is 0.456. The third kappa shape index (κ3) is 3.93. The zero-order valence-corrected chi connectivity index (χ0v) is 12.7. The number of carbonyl (C=O) groups is 1. The van der Waals surface area contributed by atoms with Gasteiger partial charge in [0.05, 0.1) is 6.04 Å². The summed E-state index contributed by atoms with van der Waals surface area (Å²) in [5.41, 5.74) is 0. The van der Waals surface area contributed by atoms with E-state index in [-0.39, 0.29) is 6.04 Å². The number of hydrogen-bond donors (Lipinski definition) is 1. The number of nitrogens with one attached hydrogen (secondary N) is 1. The van der Waals surface area contributed by atoms with Crippen LogP contribution in [0.2, 0.25) is 0 Å². The van der Waals surface area contributed by atoms with Crippen molar-refractivity contribution in [1.29, 1.82) is 0 Å². The molecule has 2 aliphatic heterocycles. The molecule has 0 saturated carbocycles. The van der Waals surface area contributed by atoms with Gasteiger partial charge in [0.2, 0.25) is 5.91 Å². The van der Waals surface area contributed by atoms with E-state index in [2.05, 4.69) is 35.9 Å². The van der Waals surface area contributed by atoms with Gasteiger partial charge in [0.15, 0.2) is 0 Å². The number of carbonyl (C=O) groups excluding carboxylic acids is 1. The Morgan fingerprint density at radius 1 is 1.21 bits per heavy atom. The zero-order chi connectivity index (χ0) is 13.8. The molecule has 4 nitrogen and oxygen atoms in total. The highest BCUT2D eigenvalue weighted by atomic mass is 16.2. The van der Waals surface area contributed by atoms with Crippen LogP contribution in [0.15, 0.2) is 0 Å². The lowest BCUT2D eigenvalue weighted by atomic mass is 9.96. The highest BCUT2D eigenvalue weighted by Gasteiger charge is 2.33. The second kappa shape index (κ2) is 6.71. The lowest BCUT2D eigenvalue weighted by molar-refractivity contribution is -0.130. The molecule has 2 fully saturated rings. The molecule has 110 valence electrons.